The number of hydrogen-bond acceptors (Lipinski definition) is 0. The quantitative estimate of drug-likeness (QED) is 0.538. The molecule has 0 aliphatic rings. The summed E-state index contributed by atoms with van der Waals surface area (Å²) in [5.74, 6) is 0. The zero-order valence-corrected chi connectivity index (χ0v) is 8.40. The Hall–Kier alpha value is 1.41. The molecule has 0 aromatic heterocycles. The van der Waals surface area contributed by atoms with Gasteiger partial charge in [-0.25, -0.2) is 0 Å². The van der Waals surface area contributed by atoms with E-state index in [1.165, 1.54) is 0 Å². The second-order valence-electron chi connectivity index (χ2n) is 0.247. The van der Waals surface area contributed by atoms with E-state index in [2.05, 4.69) is 0 Å². The third kappa shape index (κ3) is 52.8. The van der Waals surface area contributed by atoms with Gasteiger partial charge in [-0.05, 0) is 0 Å². The van der Waals surface area contributed by atoms with Crippen molar-refractivity contribution in [3.8, 4) is 0 Å². The summed E-state index contributed by atoms with van der Waals surface area (Å²) in [5, 5.41) is 0. The molecule has 0 bridgehead atoms. The van der Waals surface area contributed by atoms with Crippen LogP contribution in [-0.4, -0.2) is 11.6 Å². The molecule has 4 heteroatoms. The second-order valence-corrected chi connectivity index (χ2v) is 11.6. The van der Waals surface area contributed by atoms with Crippen LogP contribution in [0.5, 0.6) is 0 Å². The predicted octanol–water partition coefficient (Wildman–Crippen LogP) is 2.45. The van der Waals surface area contributed by atoms with Gasteiger partial charge in [-0.1, -0.05) is 13.8 Å². The molecule has 0 rings (SSSR count). The monoisotopic (exact) mass is 210 g/mol. The van der Waals surface area contributed by atoms with Crippen LogP contribution < -0.4 is 0 Å². The van der Waals surface area contributed by atoms with Crippen LogP contribution >= 0.6 is 30.0 Å². The molecular weight excluding hydrogens is 203 g/mol. The van der Waals surface area contributed by atoms with Crippen LogP contribution in [0.3, 0.4) is 0 Å². The Morgan fingerprint density at radius 1 is 1.00 bits per heavy atom. The van der Waals surface area contributed by atoms with Crippen LogP contribution in [0.15, 0.2) is 0 Å². The summed E-state index contributed by atoms with van der Waals surface area (Å²) in [6.07, 6.45) is 0. The summed E-state index contributed by atoms with van der Waals surface area (Å²) in [6, 6.07) is 0. The van der Waals surface area contributed by atoms with Crippen molar-refractivity contribution >= 4 is 41.6 Å². The van der Waals surface area contributed by atoms with Crippen LogP contribution in [0, 0.1) is 0 Å². The third-order valence-corrected chi connectivity index (χ3v) is 0. The van der Waals surface area contributed by atoms with Crippen LogP contribution in [0.2, 0.25) is 0 Å². The Morgan fingerprint density at radius 3 is 1.00 bits per heavy atom. The Morgan fingerprint density at radius 2 is 1.00 bits per heavy atom. The van der Waals surface area contributed by atoms with Gasteiger partial charge in [-0.2, -0.15) is 0 Å². The summed E-state index contributed by atoms with van der Waals surface area (Å²) in [6.45, 7) is 4.00. The maximum absolute atomic E-state index is 4.99. The van der Waals surface area contributed by atoms with Crippen LogP contribution in [-0.2, 0) is 0 Å². The average Bonchev–Trinajstić information content (AvgIpc) is 1.41. The Balaban J connectivity index is 0. The Bertz CT molecular complexity index is 13.5. The van der Waals surface area contributed by atoms with E-state index in [4.69, 9.17) is 30.0 Å². The molecule has 0 radical (unpaired) electrons. The average molecular weight is 210 g/mol. The number of hydrogen-bond donors (Lipinski definition) is 0. The summed E-state index contributed by atoms with van der Waals surface area (Å²) < 4.78 is 0. The number of rotatable bonds is 0. The van der Waals surface area contributed by atoms with Gasteiger partial charge < -0.3 is 0 Å². The van der Waals surface area contributed by atoms with E-state index >= 15 is 0 Å². The maximum atomic E-state index is 4.99. The molecule has 0 atom stereocenters. The van der Waals surface area contributed by atoms with Crippen LogP contribution in [0.25, 0.3) is 0 Å². The summed E-state index contributed by atoms with van der Waals surface area (Å²) in [4.78, 5) is 0. The minimum atomic E-state index is -2.06. The van der Waals surface area contributed by atoms with Crippen molar-refractivity contribution < 1.29 is 0 Å². The first kappa shape index (κ1) is 10.4. The van der Waals surface area contributed by atoms with Crippen molar-refractivity contribution in [3.05, 3.63) is 0 Å². The molecular formula is C2H7Cl3Ge. The fourth-order valence-corrected chi connectivity index (χ4v) is 0. The van der Waals surface area contributed by atoms with E-state index in [9.17, 15) is 0 Å². The van der Waals surface area contributed by atoms with E-state index in [1.807, 2.05) is 13.8 Å². The molecule has 0 spiro atoms. The van der Waals surface area contributed by atoms with E-state index in [0.29, 0.717) is 0 Å². The first-order valence-corrected chi connectivity index (χ1v) is 11.2. The van der Waals surface area contributed by atoms with Crippen molar-refractivity contribution in [2.75, 3.05) is 0 Å². The molecule has 0 saturated heterocycles. The topological polar surface area (TPSA) is 0 Å². The molecule has 0 nitrogen and oxygen atoms in total. The fourth-order valence-electron chi connectivity index (χ4n) is 0. The molecule has 0 N–H and O–H groups in total. The van der Waals surface area contributed by atoms with Gasteiger partial charge >= 0.3 is 41.6 Å². The van der Waals surface area contributed by atoms with Gasteiger partial charge in [0.25, 0.3) is 0 Å². The van der Waals surface area contributed by atoms with Gasteiger partial charge in [-0.15, -0.1) is 0 Å². The van der Waals surface area contributed by atoms with Crippen LogP contribution in [0.1, 0.15) is 13.8 Å². The SMILES string of the molecule is CC.[Cl][GeH]([Cl])[Cl]. The van der Waals surface area contributed by atoms with Gasteiger partial charge in [0.1, 0.15) is 0 Å². The van der Waals surface area contributed by atoms with Gasteiger partial charge in [0.05, 0.1) is 0 Å². The summed E-state index contributed by atoms with van der Waals surface area (Å²) >= 11 is -2.06. The molecule has 40 valence electrons. The molecule has 0 aliphatic heterocycles. The molecule has 0 amide bonds. The van der Waals surface area contributed by atoms with Crippen molar-refractivity contribution in [2.24, 2.45) is 0 Å². The van der Waals surface area contributed by atoms with E-state index in [0.717, 1.165) is 0 Å². The standard InChI is InChI=1S/C2H6.Cl3GeH/c1-2;1-4(2)3/h1-2H3;4H. The third-order valence-electron chi connectivity index (χ3n) is 0. The molecule has 0 aromatic rings. The predicted molar refractivity (Wildman–Crippen MR) is 36.1 cm³/mol. The van der Waals surface area contributed by atoms with E-state index in [1.54, 1.807) is 0 Å². The molecule has 0 heterocycles. The van der Waals surface area contributed by atoms with Crippen molar-refractivity contribution in [1.29, 1.82) is 0 Å². The van der Waals surface area contributed by atoms with Crippen LogP contribution in [0.4, 0.5) is 0 Å². The van der Waals surface area contributed by atoms with Crippen molar-refractivity contribution in [1.82, 2.24) is 0 Å². The summed E-state index contributed by atoms with van der Waals surface area (Å²) in [7, 11) is 15.0. The zero-order chi connectivity index (χ0) is 5.58. The summed E-state index contributed by atoms with van der Waals surface area (Å²) in [5.41, 5.74) is 0. The number of halogens is 3. The molecule has 0 aliphatic carbocycles. The first-order valence-electron chi connectivity index (χ1n) is 1.65. The van der Waals surface area contributed by atoms with Gasteiger partial charge in [-0.3, -0.25) is 0 Å². The normalized spacial score (nSPS) is 7.00. The molecule has 0 saturated carbocycles. The van der Waals surface area contributed by atoms with Crippen molar-refractivity contribution in [3.63, 3.8) is 0 Å². The minimum absolute atomic E-state index is 2.00. The molecule has 6 heavy (non-hydrogen) atoms. The first-order chi connectivity index (χ1) is 2.73. The van der Waals surface area contributed by atoms with Gasteiger partial charge in [0.2, 0.25) is 0 Å². The molecule has 0 unspecified atom stereocenters. The van der Waals surface area contributed by atoms with E-state index in [-0.39, 0.29) is 0 Å². The van der Waals surface area contributed by atoms with E-state index < -0.39 is 11.6 Å². The second kappa shape index (κ2) is 9.65. The zero-order valence-electron chi connectivity index (χ0n) is 3.71. The Labute approximate surface area is 55.4 Å². The van der Waals surface area contributed by atoms with Gasteiger partial charge in [0, 0.05) is 0 Å². The molecule has 0 fully saturated rings. The fraction of sp³-hybridized carbons (Fsp3) is 1.00. The molecule has 0 aromatic carbocycles. The van der Waals surface area contributed by atoms with Gasteiger partial charge in [0.15, 0.2) is 0 Å². The van der Waals surface area contributed by atoms with Crippen molar-refractivity contribution in [2.45, 2.75) is 13.8 Å². The Kier molecular flexibility index (Phi) is 16.7.